The van der Waals surface area contributed by atoms with Gasteiger partial charge in [0.25, 0.3) is 5.91 Å². The predicted octanol–water partition coefficient (Wildman–Crippen LogP) is 0.942. The van der Waals surface area contributed by atoms with Gasteiger partial charge in [0.1, 0.15) is 5.76 Å². The van der Waals surface area contributed by atoms with E-state index in [0.717, 1.165) is 0 Å². The van der Waals surface area contributed by atoms with Crippen molar-refractivity contribution < 1.29 is 14.0 Å². The smallest absolute Gasteiger partial charge is 0.273 e. The summed E-state index contributed by atoms with van der Waals surface area (Å²) >= 11 is 0. The third-order valence-corrected chi connectivity index (χ3v) is 3.35. The van der Waals surface area contributed by atoms with E-state index in [-0.39, 0.29) is 23.9 Å². The van der Waals surface area contributed by atoms with E-state index in [4.69, 9.17) is 4.42 Å². The number of oxazole rings is 1. The quantitative estimate of drug-likeness (QED) is 0.852. The van der Waals surface area contributed by atoms with Crippen LogP contribution in [0.15, 0.2) is 4.42 Å². The summed E-state index contributed by atoms with van der Waals surface area (Å²) in [6, 6.07) is -0.130. The van der Waals surface area contributed by atoms with Crippen LogP contribution < -0.4 is 10.6 Å². The number of piperidine rings is 1. The molecule has 1 fully saturated rings. The number of carbonyl (C=O) groups excluding carboxylic acids is 2. The minimum absolute atomic E-state index is 0.0314. The Kier molecular flexibility index (Phi) is 3.87. The van der Waals surface area contributed by atoms with Gasteiger partial charge >= 0.3 is 0 Å². The van der Waals surface area contributed by atoms with Crippen LogP contribution in [0.4, 0.5) is 0 Å². The number of hydrogen-bond donors (Lipinski definition) is 2. The van der Waals surface area contributed by atoms with Gasteiger partial charge in [-0.1, -0.05) is 6.92 Å². The number of aryl methyl sites for hydroxylation is 2. The number of nitrogens with one attached hydrogen (secondary N) is 2. The van der Waals surface area contributed by atoms with Crippen molar-refractivity contribution >= 4 is 11.8 Å². The van der Waals surface area contributed by atoms with Gasteiger partial charge in [-0.15, -0.1) is 0 Å². The van der Waals surface area contributed by atoms with Crippen LogP contribution >= 0.6 is 0 Å². The normalized spacial score (nSPS) is 23.0. The third kappa shape index (κ3) is 2.94. The Balaban J connectivity index is 2.04. The molecule has 2 heterocycles. The SMILES string of the molecule is CCc1nc(C(=O)NC2CCC(=O)NC2C)c(C)o1. The summed E-state index contributed by atoms with van der Waals surface area (Å²) < 4.78 is 5.38. The molecule has 0 saturated carbocycles. The Morgan fingerprint density at radius 3 is 2.89 bits per heavy atom. The zero-order valence-corrected chi connectivity index (χ0v) is 11.4. The molecule has 0 spiro atoms. The van der Waals surface area contributed by atoms with Crippen LogP contribution in [0.3, 0.4) is 0 Å². The first kappa shape index (κ1) is 13.6. The average molecular weight is 265 g/mol. The zero-order valence-electron chi connectivity index (χ0n) is 11.4. The fourth-order valence-electron chi connectivity index (χ4n) is 2.21. The molecule has 19 heavy (non-hydrogen) atoms. The molecule has 1 aliphatic heterocycles. The Hall–Kier alpha value is -1.85. The first-order valence-corrected chi connectivity index (χ1v) is 6.57. The summed E-state index contributed by atoms with van der Waals surface area (Å²) in [5.41, 5.74) is 0.334. The van der Waals surface area contributed by atoms with E-state index in [2.05, 4.69) is 15.6 Å². The minimum Gasteiger partial charge on any atom is -0.445 e. The van der Waals surface area contributed by atoms with Crippen LogP contribution in [0.25, 0.3) is 0 Å². The second-order valence-electron chi connectivity index (χ2n) is 4.84. The van der Waals surface area contributed by atoms with E-state index in [1.807, 2.05) is 13.8 Å². The number of nitrogens with zero attached hydrogens (tertiary/aromatic N) is 1. The van der Waals surface area contributed by atoms with Crippen LogP contribution in [0.2, 0.25) is 0 Å². The van der Waals surface area contributed by atoms with E-state index in [1.54, 1.807) is 6.92 Å². The number of rotatable bonds is 3. The molecule has 104 valence electrons. The molecule has 6 nitrogen and oxygen atoms in total. The molecule has 1 aromatic heterocycles. The van der Waals surface area contributed by atoms with E-state index < -0.39 is 0 Å². The topological polar surface area (TPSA) is 84.2 Å². The minimum atomic E-state index is -0.242. The van der Waals surface area contributed by atoms with Crippen LogP contribution in [-0.2, 0) is 11.2 Å². The fourth-order valence-corrected chi connectivity index (χ4v) is 2.21. The van der Waals surface area contributed by atoms with E-state index >= 15 is 0 Å². The summed E-state index contributed by atoms with van der Waals surface area (Å²) in [7, 11) is 0. The van der Waals surface area contributed by atoms with Gasteiger partial charge in [-0.05, 0) is 20.3 Å². The number of carbonyl (C=O) groups is 2. The number of amides is 2. The van der Waals surface area contributed by atoms with Gasteiger partial charge in [0.15, 0.2) is 11.6 Å². The maximum Gasteiger partial charge on any atom is 0.273 e. The highest BCUT2D eigenvalue weighted by atomic mass is 16.4. The van der Waals surface area contributed by atoms with Crippen molar-refractivity contribution in [1.82, 2.24) is 15.6 Å². The molecule has 2 N–H and O–H groups in total. The molecular weight excluding hydrogens is 246 g/mol. The van der Waals surface area contributed by atoms with Gasteiger partial charge in [0.05, 0.1) is 0 Å². The Labute approximate surface area is 112 Å². The monoisotopic (exact) mass is 265 g/mol. The molecule has 1 saturated heterocycles. The van der Waals surface area contributed by atoms with Gasteiger partial charge in [-0.3, -0.25) is 9.59 Å². The van der Waals surface area contributed by atoms with Crippen LogP contribution in [0.5, 0.6) is 0 Å². The van der Waals surface area contributed by atoms with Crippen molar-refractivity contribution in [2.45, 2.75) is 52.1 Å². The highest BCUT2D eigenvalue weighted by Gasteiger charge is 2.28. The zero-order chi connectivity index (χ0) is 14.0. The van der Waals surface area contributed by atoms with Gasteiger partial charge in [-0.2, -0.15) is 0 Å². The van der Waals surface area contributed by atoms with Crippen molar-refractivity contribution in [3.63, 3.8) is 0 Å². The van der Waals surface area contributed by atoms with Crippen molar-refractivity contribution in [3.05, 3.63) is 17.3 Å². The average Bonchev–Trinajstić information content (AvgIpc) is 2.74. The lowest BCUT2D eigenvalue weighted by Gasteiger charge is -2.29. The molecule has 0 radical (unpaired) electrons. The lowest BCUT2D eigenvalue weighted by Crippen LogP contribution is -2.54. The maximum absolute atomic E-state index is 12.1. The van der Waals surface area contributed by atoms with Crippen LogP contribution in [-0.4, -0.2) is 28.9 Å². The lowest BCUT2D eigenvalue weighted by molar-refractivity contribution is -0.123. The van der Waals surface area contributed by atoms with Gasteiger partial charge in [0, 0.05) is 24.9 Å². The van der Waals surface area contributed by atoms with Gasteiger partial charge < -0.3 is 15.1 Å². The summed E-state index contributed by atoms with van der Waals surface area (Å²) in [4.78, 5) is 27.5. The third-order valence-electron chi connectivity index (χ3n) is 3.35. The first-order chi connectivity index (χ1) is 9.01. The standard InChI is InChI=1S/C13H19N3O3/c1-4-11-16-12(8(3)19-11)13(18)15-9-5-6-10(17)14-7(9)2/h7,9H,4-6H2,1-3H3,(H,14,17)(H,15,18). The number of aromatic nitrogens is 1. The lowest BCUT2D eigenvalue weighted by atomic mass is 9.99. The molecule has 2 amide bonds. The highest BCUT2D eigenvalue weighted by molar-refractivity contribution is 5.93. The predicted molar refractivity (Wildman–Crippen MR) is 68.7 cm³/mol. The van der Waals surface area contributed by atoms with E-state index in [9.17, 15) is 9.59 Å². The van der Waals surface area contributed by atoms with Gasteiger partial charge in [-0.25, -0.2) is 4.98 Å². The fraction of sp³-hybridized carbons (Fsp3) is 0.615. The number of hydrogen-bond acceptors (Lipinski definition) is 4. The molecule has 0 bridgehead atoms. The molecule has 2 rings (SSSR count). The van der Waals surface area contributed by atoms with Crippen molar-refractivity contribution in [3.8, 4) is 0 Å². The summed E-state index contributed by atoms with van der Waals surface area (Å²) in [5.74, 6) is 0.882. The Morgan fingerprint density at radius 1 is 1.58 bits per heavy atom. The van der Waals surface area contributed by atoms with Gasteiger partial charge in [0.2, 0.25) is 5.91 Å². The molecule has 6 heteroatoms. The molecule has 0 aliphatic carbocycles. The van der Waals surface area contributed by atoms with Crippen molar-refractivity contribution in [2.75, 3.05) is 0 Å². The molecule has 1 aliphatic rings. The Bertz CT molecular complexity index is 495. The summed E-state index contributed by atoms with van der Waals surface area (Å²) in [6.45, 7) is 5.54. The Morgan fingerprint density at radius 2 is 2.32 bits per heavy atom. The summed E-state index contributed by atoms with van der Waals surface area (Å²) in [5, 5.41) is 5.73. The molecular formula is C13H19N3O3. The molecule has 2 unspecified atom stereocenters. The van der Waals surface area contributed by atoms with E-state index in [1.165, 1.54) is 0 Å². The maximum atomic E-state index is 12.1. The van der Waals surface area contributed by atoms with E-state index in [0.29, 0.717) is 36.6 Å². The molecule has 1 aromatic rings. The van der Waals surface area contributed by atoms with Crippen molar-refractivity contribution in [2.24, 2.45) is 0 Å². The highest BCUT2D eigenvalue weighted by Crippen LogP contribution is 2.13. The second-order valence-corrected chi connectivity index (χ2v) is 4.84. The summed E-state index contributed by atoms with van der Waals surface area (Å²) in [6.07, 6.45) is 1.74. The van der Waals surface area contributed by atoms with Crippen LogP contribution in [0.1, 0.15) is 48.8 Å². The van der Waals surface area contributed by atoms with Crippen molar-refractivity contribution in [1.29, 1.82) is 0 Å². The van der Waals surface area contributed by atoms with Crippen LogP contribution in [0, 0.1) is 6.92 Å². The molecule has 2 atom stereocenters. The largest absolute Gasteiger partial charge is 0.445 e. The first-order valence-electron chi connectivity index (χ1n) is 6.57. The second kappa shape index (κ2) is 5.42. The molecule has 0 aromatic carbocycles.